The van der Waals surface area contributed by atoms with Crippen LogP contribution in [0.25, 0.3) is 0 Å². The summed E-state index contributed by atoms with van der Waals surface area (Å²) in [5, 5.41) is 11.9. The summed E-state index contributed by atoms with van der Waals surface area (Å²) in [7, 11) is 0. The van der Waals surface area contributed by atoms with Gasteiger partial charge in [0, 0.05) is 18.8 Å². The predicted octanol–water partition coefficient (Wildman–Crippen LogP) is 2.16. The fourth-order valence-corrected chi connectivity index (χ4v) is 2.05. The van der Waals surface area contributed by atoms with Crippen LogP contribution in [0.5, 0.6) is 0 Å². The third kappa shape index (κ3) is 4.03. The van der Waals surface area contributed by atoms with Gasteiger partial charge in [-0.1, -0.05) is 41.9 Å². The number of carbonyl (C=O) groups is 2. The van der Waals surface area contributed by atoms with Gasteiger partial charge in [0.15, 0.2) is 0 Å². The number of amides is 1. The van der Waals surface area contributed by atoms with Crippen molar-refractivity contribution in [2.75, 3.05) is 0 Å². The Hall–Kier alpha value is -2.40. The summed E-state index contributed by atoms with van der Waals surface area (Å²) in [6.07, 6.45) is 2.96. The molecular weight excluding hydrogens is 292 g/mol. The minimum absolute atomic E-state index is 0.179. The van der Waals surface area contributed by atoms with Gasteiger partial charge in [-0.05, 0) is 11.6 Å². The molecule has 0 saturated heterocycles. The van der Waals surface area contributed by atoms with Crippen LogP contribution in [-0.4, -0.2) is 28.0 Å². The third-order valence-corrected chi connectivity index (χ3v) is 3.20. The number of nitrogens with zero attached hydrogens (tertiary/aromatic N) is 1. The van der Waals surface area contributed by atoms with E-state index in [-0.39, 0.29) is 17.0 Å². The number of rotatable bonds is 5. The van der Waals surface area contributed by atoms with E-state index in [1.165, 1.54) is 18.5 Å². The van der Waals surface area contributed by atoms with E-state index in [4.69, 9.17) is 11.6 Å². The lowest BCUT2D eigenvalue weighted by Gasteiger charge is -2.15. The number of aromatic nitrogens is 1. The number of hydrogen-bond donors (Lipinski definition) is 2. The van der Waals surface area contributed by atoms with Gasteiger partial charge in [0.05, 0.1) is 10.6 Å². The van der Waals surface area contributed by atoms with E-state index in [0.717, 1.165) is 5.56 Å². The summed E-state index contributed by atoms with van der Waals surface area (Å²) in [4.78, 5) is 27.2. The number of carboxylic acid groups (broad SMARTS) is 1. The number of hydrogen-bond acceptors (Lipinski definition) is 3. The smallest absolute Gasteiger partial charge is 0.326 e. The molecule has 1 amide bonds. The zero-order valence-electron chi connectivity index (χ0n) is 11.0. The van der Waals surface area contributed by atoms with Gasteiger partial charge in [-0.15, -0.1) is 0 Å². The van der Waals surface area contributed by atoms with Crippen LogP contribution in [0, 0.1) is 0 Å². The topological polar surface area (TPSA) is 79.3 Å². The zero-order valence-corrected chi connectivity index (χ0v) is 11.7. The first kappa shape index (κ1) is 15.0. The minimum atomic E-state index is -1.10. The van der Waals surface area contributed by atoms with Gasteiger partial charge in [-0.25, -0.2) is 4.79 Å². The molecule has 2 aromatic rings. The Labute approximate surface area is 126 Å². The van der Waals surface area contributed by atoms with E-state index in [2.05, 4.69) is 10.3 Å². The Morgan fingerprint density at radius 1 is 1.24 bits per heavy atom. The molecule has 0 aliphatic rings. The summed E-state index contributed by atoms with van der Waals surface area (Å²) in [5.74, 6) is -1.64. The Kier molecular flexibility index (Phi) is 4.90. The number of aliphatic carboxylic acids is 1. The molecule has 1 aromatic carbocycles. The number of nitrogens with one attached hydrogen (secondary N) is 1. The number of carboxylic acids is 1. The molecule has 0 spiro atoms. The van der Waals surface area contributed by atoms with E-state index in [1.54, 1.807) is 0 Å². The molecule has 0 fully saturated rings. The maximum Gasteiger partial charge on any atom is 0.326 e. The van der Waals surface area contributed by atoms with Gasteiger partial charge in [-0.2, -0.15) is 0 Å². The zero-order chi connectivity index (χ0) is 15.2. The van der Waals surface area contributed by atoms with Crippen molar-refractivity contribution >= 4 is 23.5 Å². The molecule has 2 N–H and O–H groups in total. The monoisotopic (exact) mass is 304 g/mol. The van der Waals surface area contributed by atoms with Crippen molar-refractivity contribution in [2.24, 2.45) is 0 Å². The highest BCUT2D eigenvalue weighted by Gasteiger charge is 2.22. The SMILES string of the molecule is O=C(N[C@@H](Cc1ccccc1)C(=O)O)c1ccncc1Cl. The van der Waals surface area contributed by atoms with E-state index < -0.39 is 17.9 Å². The highest BCUT2D eigenvalue weighted by molar-refractivity contribution is 6.33. The highest BCUT2D eigenvalue weighted by atomic mass is 35.5. The second kappa shape index (κ2) is 6.85. The Morgan fingerprint density at radius 2 is 1.95 bits per heavy atom. The summed E-state index contributed by atoms with van der Waals surface area (Å²) in [6.45, 7) is 0. The van der Waals surface area contributed by atoms with Crippen LogP contribution < -0.4 is 5.32 Å². The van der Waals surface area contributed by atoms with Gasteiger partial charge < -0.3 is 10.4 Å². The van der Waals surface area contributed by atoms with Crippen LogP contribution in [0.1, 0.15) is 15.9 Å². The summed E-state index contributed by atoms with van der Waals surface area (Å²) in [5.41, 5.74) is 1.03. The number of halogens is 1. The standard InChI is InChI=1S/C15H13ClN2O3/c16-12-9-17-7-6-11(12)14(19)18-13(15(20)21)8-10-4-2-1-3-5-10/h1-7,9,13H,8H2,(H,18,19)(H,20,21)/t13-/m0/s1. The first-order chi connectivity index (χ1) is 10.1. The molecule has 0 bridgehead atoms. The van der Waals surface area contributed by atoms with Crippen molar-refractivity contribution < 1.29 is 14.7 Å². The van der Waals surface area contributed by atoms with Crippen molar-refractivity contribution in [2.45, 2.75) is 12.5 Å². The van der Waals surface area contributed by atoms with Crippen molar-refractivity contribution in [1.82, 2.24) is 10.3 Å². The molecule has 0 radical (unpaired) electrons. The van der Waals surface area contributed by atoms with Gasteiger partial charge in [0.2, 0.25) is 0 Å². The van der Waals surface area contributed by atoms with Crippen molar-refractivity contribution in [3.63, 3.8) is 0 Å². The predicted molar refractivity (Wildman–Crippen MR) is 78.3 cm³/mol. The second-order valence-corrected chi connectivity index (χ2v) is 4.82. The van der Waals surface area contributed by atoms with Crippen LogP contribution in [0.15, 0.2) is 48.8 Å². The molecule has 0 aliphatic heterocycles. The fourth-order valence-electron chi connectivity index (χ4n) is 1.85. The molecular formula is C15H13ClN2O3. The normalized spacial score (nSPS) is 11.7. The molecule has 0 unspecified atom stereocenters. The van der Waals surface area contributed by atoms with Crippen molar-refractivity contribution in [3.05, 3.63) is 64.9 Å². The van der Waals surface area contributed by atoms with Crippen LogP contribution in [0.3, 0.4) is 0 Å². The number of benzene rings is 1. The molecule has 5 nitrogen and oxygen atoms in total. The van der Waals surface area contributed by atoms with E-state index in [0.29, 0.717) is 0 Å². The van der Waals surface area contributed by atoms with Crippen LogP contribution >= 0.6 is 11.6 Å². The summed E-state index contributed by atoms with van der Waals surface area (Å²) < 4.78 is 0. The lowest BCUT2D eigenvalue weighted by molar-refractivity contribution is -0.139. The van der Waals surface area contributed by atoms with Crippen LogP contribution in [-0.2, 0) is 11.2 Å². The number of pyridine rings is 1. The molecule has 1 aromatic heterocycles. The minimum Gasteiger partial charge on any atom is -0.480 e. The van der Waals surface area contributed by atoms with E-state index in [1.807, 2.05) is 30.3 Å². The van der Waals surface area contributed by atoms with Crippen molar-refractivity contribution in [1.29, 1.82) is 0 Å². The van der Waals surface area contributed by atoms with Crippen LogP contribution in [0.4, 0.5) is 0 Å². The lowest BCUT2D eigenvalue weighted by Crippen LogP contribution is -2.42. The Balaban J connectivity index is 2.12. The molecule has 21 heavy (non-hydrogen) atoms. The molecule has 1 heterocycles. The van der Waals surface area contributed by atoms with E-state index in [9.17, 15) is 14.7 Å². The molecule has 0 aliphatic carbocycles. The Bertz CT molecular complexity index is 646. The third-order valence-electron chi connectivity index (χ3n) is 2.90. The van der Waals surface area contributed by atoms with Gasteiger partial charge in [-0.3, -0.25) is 9.78 Å². The quantitative estimate of drug-likeness (QED) is 0.887. The largest absolute Gasteiger partial charge is 0.480 e. The van der Waals surface area contributed by atoms with Gasteiger partial charge in [0.1, 0.15) is 6.04 Å². The molecule has 6 heteroatoms. The summed E-state index contributed by atoms with van der Waals surface area (Å²) in [6, 6.07) is 9.51. The first-order valence-corrected chi connectivity index (χ1v) is 6.63. The number of carbonyl (C=O) groups excluding carboxylic acids is 1. The van der Waals surface area contributed by atoms with Gasteiger partial charge in [0.25, 0.3) is 5.91 Å². The van der Waals surface area contributed by atoms with Gasteiger partial charge >= 0.3 is 5.97 Å². The van der Waals surface area contributed by atoms with E-state index >= 15 is 0 Å². The average molecular weight is 305 g/mol. The Morgan fingerprint density at radius 3 is 2.57 bits per heavy atom. The second-order valence-electron chi connectivity index (χ2n) is 4.41. The lowest BCUT2D eigenvalue weighted by atomic mass is 10.1. The first-order valence-electron chi connectivity index (χ1n) is 6.25. The molecule has 1 atom stereocenters. The molecule has 108 valence electrons. The van der Waals surface area contributed by atoms with Crippen molar-refractivity contribution in [3.8, 4) is 0 Å². The average Bonchev–Trinajstić information content (AvgIpc) is 2.48. The maximum absolute atomic E-state index is 12.1. The fraction of sp³-hybridized carbons (Fsp3) is 0.133. The highest BCUT2D eigenvalue weighted by Crippen LogP contribution is 2.13. The molecule has 0 saturated carbocycles. The van der Waals surface area contributed by atoms with Crippen LogP contribution in [0.2, 0.25) is 5.02 Å². The summed E-state index contributed by atoms with van der Waals surface area (Å²) >= 11 is 5.87. The molecule has 2 rings (SSSR count). The maximum atomic E-state index is 12.1.